The van der Waals surface area contributed by atoms with Gasteiger partial charge in [-0.05, 0) is 31.5 Å². The molecule has 2 nitrogen and oxygen atoms in total. The van der Waals surface area contributed by atoms with E-state index in [0.717, 1.165) is 31.9 Å². The number of para-hydroxylation sites is 1. The summed E-state index contributed by atoms with van der Waals surface area (Å²) in [4.78, 5) is 1.70. The maximum Gasteiger partial charge on any atom is 0.418 e. The molecule has 5 heteroatoms. The van der Waals surface area contributed by atoms with Gasteiger partial charge >= 0.3 is 6.18 Å². The molecule has 1 aliphatic rings. The van der Waals surface area contributed by atoms with Crippen LogP contribution in [-0.2, 0) is 6.18 Å². The second-order valence-corrected chi connectivity index (χ2v) is 5.04. The number of anilines is 1. The van der Waals surface area contributed by atoms with Crippen LogP contribution in [0.5, 0.6) is 0 Å². The Morgan fingerprint density at radius 2 is 2.00 bits per heavy atom. The molecule has 0 saturated carbocycles. The van der Waals surface area contributed by atoms with Crippen molar-refractivity contribution in [2.75, 3.05) is 25.0 Å². The summed E-state index contributed by atoms with van der Waals surface area (Å²) in [5.74, 6) is 0. The lowest BCUT2D eigenvalue weighted by molar-refractivity contribution is -0.137. The monoisotopic (exact) mass is 272 g/mol. The van der Waals surface area contributed by atoms with Crippen molar-refractivity contribution in [3.05, 3.63) is 29.8 Å². The van der Waals surface area contributed by atoms with E-state index in [9.17, 15) is 13.2 Å². The number of hydrogen-bond acceptors (Lipinski definition) is 2. The van der Waals surface area contributed by atoms with Gasteiger partial charge in [0.2, 0.25) is 0 Å². The topological polar surface area (TPSA) is 15.3 Å². The number of nitrogens with zero attached hydrogens (tertiary/aromatic N) is 1. The molecule has 19 heavy (non-hydrogen) atoms. The number of hydrogen-bond donors (Lipinski definition) is 1. The Hall–Kier alpha value is -1.23. The van der Waals surface area contributed by atoms with Crippen LogP contribution >= 0.6 is 0 Å². The number of halogens is 3. The number of nitrogens with one attached hydrogen (secondary N) is 1. The first-order valence-corrected chi connectivity index (χ1v) is 6.59. The molecule has 0 bridgehead atoms. The van der Waals surface area contributed by atoms with E-state index in [2.05, 4.69) is 5.32 Å². The fourth-order valence-electron chi connectivity index (χ4n) is 2.55. The summed E-state index contributed by atoms with van der Waals surface area (Å²) in [5.41, 5.74) is -0.310. The van der Waals surface area contributed by atoms with E-state index in [4.69, 9.17) is 0 Å². The number of alkyl halides is 3. The summed E-state index contributed by atoms with van der Waals surface area (Å²) in [6.45, 7) is 1.56. The SMILES string of the molecule is CN(CC1CCCCN1)c1ccccc1C(F)(F)F. The van der Waals surface area contributed by atoms with Crippen molar-refractivity contribution in [3.63, 3.8) is 0 Å². The van der Waals surface area contributed by atoms with E-state index in [0.29, 0.717) is 6.54 Å². The molecule has 1 aromatic carbocycles. The molecule has 1 fully saturated rings. The fourth-order valence-corrected chi connectivity index (χ4v) is 2.55. The van der Waals surface area contributed by atoms with Crippen LogP contribution in [0, 0.1) is 0 Å². The highest BCUT2D eigenvalue weighted by Crippen LogP contribution is 2.36. The van der Waals surface area contributed by atoms with Gasteiger partial charge in [0, 0.05) is 25.3 Å². The molecule has 1 saturated heterocycles. The summed E-state index contributed by atoms with van der Waals surface area (Å²) in [5, 5.41) is 3.36. The third-order valence-corrected chi connectivity index (χ3v) is 3.53. The maximum atomic E-state index is 12.9. The van der Waals surface area contributed by atoms with Gasteiger partial charge in [-0.3, -0.25) is 0 Å². The standard InChI is InChI=1S/C14H19F3N2/c1-19(10-11-6-4-5-9-18-11)13-8-3-2-7-12(13)14(15,16)17/h2-3,7-8,11,18H,4-6,9-10H2,1H3. The van der Waals surface area contributed by atoms with Gasteiger partial charge in [-0.2, -0.15) is 13.2 Å². The van der Waals surface area contributed by atoms with Crippen LogP contribution in [0.25, 0.3) is 0 Å². The Balaban J connectivity index is 2.12. The molecule has 1 heterocycles. The van der Waals surface area contributed by atoms with E-state index in [1.165, 1.54) is 12.1 Å². The minimum atomic E-state index is -4.30. The number of benzene rings is 1. The quantitative estimate of drug-likeness (QED) is 0.908. The van der Waals surface area contributed by atoms with Crippen molar-refractivity contribution in [1.29, 1.82) is 0 Å². The van der Waals surface area contributed by atoms with Crippen molar-refractivity contribution in [2.24, 2.45) is 0 Å². The predicted molar refractivity (Wildman–Crippen MR) is 70.4 cm³/mol. The van der Waals surface area contributed by atoms with Crippen molar-refractivity contribution in [3.8, 4) is 0 Å². The van der Waals surface area contributed by atoms with Crippen LogP contribution in [0.4, 0.5) is 18.9 Å². The lowest BCUT2D eigenvalue weighted by atomic mass is 10.0. The van der Waals surface area contributed by atoms with Crippen molar-refractivity contribution in [2.45, 2.75) is 31.5 Å². The molecule has 1 unspecified atom stereocenters. The molecule has 0 aromatic heterocycles. The second-order valence-electron chi connectivity index (χ2n) is 5.04. The van der Waals surface area contributed by atoms with Crippen LogP contribution < -0.4 is 10.2 Å². The highest BCUT2D eigenvalue weighted by Gasteiger charge is 2.34. The first kappa shape index (κ1) is 14.2. The van der Waals surface area contributed by atoms with Gasteiger partial charge in [-0.25, -0.2) is 0 Å². The van der Waals surface area contributed by atoms with Crippen molar-refractivity contribution in [1.82, 2.24) is 5.32 Å². The molecule has 1 N–H and O–H groups in total. The molecule has 2 rings (SSSR count). The highest BCUT2D eigenvalue weighted by atomic mass is 19.4. The van der Waals surface area contributed by atoms with Crippen LogP contribution in [-0.4, -0.2) is 26.2 Å². The average molecular weight is 272 g/mol. The molecule has 1 atom stereocenters. The Bertz CT molecular complexity index is 411. The number of rotatable bonds is 3. The molecule has 0 radical (unpaired) electrons. The van der Waals surface area contributed by atoms with E-state index in [1.807, 2.05) is 0 Å². The highest BCUT2D eigenvalue weighted by molar-refractivity contribution is 5.54. The molecule has 0 amide bonds. The molecule has 1 aromatic rings. The first-order chi connectivity index (χ1) is 8.98. The first-order valence-electron chi connectivity index (χ1n) is 6.59. The molecular formula is C14H19F3N2. The van der Waals surface area contributed by atoms with Gasteiger partial charge < -0.3 is 10.2 Å². The van der Waals surface area contributed by atoms with E-state index >= 15 is 0 Å². The van der Waals surface area contributed by atoms with Crippen molar-refractivity contribution >= 4 is 5.69 Å². The Kier molecular flexibility index (Phi) is 4.34. The van der Waals surface area contributed by atoms with Crippen molar-refractivity contribution < 1.29 is 13.2 Å². The zero-order chi connectivity index (χ0) is 13.9. The third-order valence-electron chi connectivity index (χ3n) is 3.53. The summed E-state index contributed by atoms with van der Waals surface area (Å²) < 4.78 is 38.8. The average Bonchev–Trinajstić information content (AvgIpc) is 2.39. The smallest absolute Gasteiger partial charge is 0.373 e. The van der Waals surface area contributed by atoms with Gasteiger partial charge in [-0.15, -0.1) is 0 Å². The Labute approximate surface area is 111 Å². The van der Waals surface area contributed by atoms with E-state index in [1.54, 1.807) is 18.0 Å². The Morgan fingerprint density at radius 1 is 1.26 bits per heavy atom. The number of likely N-dealkylation sites (N-methyl/N-ethyl adjacent to an activating group) is 1. The summed E-state index contributed by atoms with van der Waals surface area (Å²) in [6.07, 6.45) is -0.977. The lowest BCUT2D eigenvalue weighted by Gasteiger charge is -2.30. The summed E-state index contributed by atoms with van der Waals surface area (Å²) in [7, 11) is 1.72. The fraction of sp³-hybridized carbons (Fsp3) is 0.571. The molecule has 0 spiro atoms. The third kappa shape index (κ3) is 3.62. The molecule has 1 aliphatic heterocycles. The van der Waals surface area contributed by atoms with Gasteiger partial charge in [0.25, 0.3) is 0 Å². The van der Waals surface area contributed by atoms with Crippen LogP contribution in [0.2, 0.25) is 0 Å². The van der Waals surface area contributed by atoms with Crippen LogP contribution in [0.1, 0.15) is 24.8 Å². The molecule has 106 valence electrons. The maximum absolute atomic E-state index is 12.9. The van der Waals surface area contributed by atoms with E-state index < -0.39 is 11.7 Å². The van der Waals surface area contributed by atoms with Gasteiger partial charge in [0.1, 0.15) is 0 Å². The normalized spacial score (nSPS) is 20.3. The minimum absolute atomic E-state index is 0.252. The van der Waals surface area contributed by atoms with Crippen LogP contribution in [0.15, 0.2) is 24.3 Å². The van der Waals surface area contributed by atoms with Gasteiger partial charge in [0.05, 0.1) is 5.56 Å². The van der Waals surface area contributed by atoms with Gasteiger partial charge in [-0.1, -0.05) is 18.6 Å². The number of piperidine rings is 1. The Morgan fingerprint density at radius 3 is 2.63 bits per heavy atom. The second kappa shape index (κ2) is 5.82. The summed E-state index contributed by atoms with van der Waals surface area (Å²) in [6, 6.07) is 6.03. The van der Waals surface area contributed by atoms with E-state index in [-0.39, 0.29) is 11.7 Å². The lowest BCUT2D eigenvalue weighted by Crippen LogP contribution is -2.42. The summed E-state index contributed by atoms with van der Waals surface area (Å²) >= 11 is 0. The predicted octanol–water partition coefficient (Wildman–Crippen LogP) is 3.28. The largest absolute Gasteiger partial charge is 0.418 e. The zero-order valence-corrected chi connectivity index (χ0v) is 11.0. The molecular weight excluding hydrogens is 253 g/mol. The molecule has 0 aliphatic carbocycles. The minimum Gasteiger partial charge on any atom is -0.373 e. The van der Waals surface area contributed by atoms with Gasteiger partial charge in [0.15, 0.2) is 0 Å². The zero-order valence-electron chi connectivity index (χ0n) is 11.0. The van der Waals surface area contributed by atoms with Crippen LogP contribution in [0.3, 0.4) is 0 Å².